The molecule has 2 N–H and O–H groups in total. The molecule has 7 heteroatoms. The highest BCUT2D eigenvalue weighted by Gasteiger charge is 2.19. The summed E-state index contributed by atoms with van der Waals surface area (Å²) in [5.74, 6) is -0.528. The molecule has 3 rings (SSSR count). The molecule has 1 atom stereocenters. The Kier molecular flexibility index (Phi) is 6.97. The van der Waals surface area contributed by atoms with Gasteiger partial charge in [0.05, 0.1) is 18.4 Å². The number of aryl methyl sites for hydroxylation is 1. The van der Waals surface area contributed by atoms with Gasteiger partial charge in [-0.3, -0.25) is 9.78 Å². The lowest BCUT2D eigenvalue weighted by molar-refractivity contribution is 0.0915. The number of hydrogen-bond donors (Lipinski definition) is 3. The molecule has 0 saturated carbocycles. The number of pyridine rings is 1. The Hall–Kier alpha value is -3.03. The molecule has 0 aliphatic heterocycles. The first-order valence-electron chi connectivity index (χ1n) is 9.54. The summed E-state index contributed by atoms with van der Waals surface area (Å²) in [6, 6.07) is 16.0. The molecular formula is C23H24N2O4S. The van der Waals surface area contributed by atoms with Crippen molar-refractivity contribution in [3.63, 3.8) is 0 Å². The van der Waals surface area contributed by atoms with Gasteiger partial charge in [-0.25, -0.2) is 8.42 Å². The average Bonchev–Trinajstić information content (AvgIpc) is 2.74. The normalized spacial score (nSPS) is 12.0. The molecule has 156 valence electrons. The van der Waals surface area contributed by atoms with Crippen LogP contribution in [0.4, 0.5) is 0 Å². The third kappa shape index (κ3) is 5.11. The Bertz CT molecular complexity index is 1100. The fourth-order valence-corrected chi connectivity index (χ4v) is 3.87. The topological polar surface area (TPSA) is 96.4 Å². The van der Waals surface area contributed by atoms with Gasteiger partial charge in [0.15, 0.2) is 0 Å². The monoisotopic (exact) mass is 424 g/mol. The zero-order valence-electron chi connectivity index (χ0n) is 16.8. The van der Waals surface area contributed by atoms with Crippen LogP contribution < -0.4 is 5.32 Å². The van der Waals surface area contributed by atoms with Crippen LogP contribution in [0.15, 0.2) is 60.8 Å². The van der Waals surface area contributed by atoms with Crippen molar-refractivity contribution in [1.29, 1.82) is 0 Å². The van der Waals surface area contributed by atoms with Gasteiger partial charge in [0.1, 0.15) is 10.7 Å². The predicted molar refractivity (Wildman–Crippen MR) is 117 cm³/mol. The van der Waals surface area contributed by atoms with Gasteiger partial charge in [0.25, 0.3) is 5.91 Å². The number of thiol groups is 1. The predicted octanol–water partition coefficient (Wildman–Crippen LogP) is 2.94. The highest BCUT2D eigenvalue weighted by atomic mass is 32.2. The van der Waals surface area contributed by atoms with Crippen molar-refractivity contribution in [3.8, 4) is 11.1 Å². The standard InChI is InChI=1S/C23H24N2O4S/c1-15-8-9-18(12-24-15)22(13-26)25-23(27)21-11-19(17-6-4-3-5-7-17)10-20(16(21)2)14-30(28)29/h3-12,22,26,30H,13-14H2,1-2H3,(H,25,27)/t22-/m1/s1. The molecule has 0 saturated heterocycles. The summed E-state index contributed by atoms with van der Waals surface area (Å²) in [6.07, 6.45) is 1.62. The molecule has 0 radical (unpaired) electrons. The molecule has 3 aromatic rings. The molecule has 2 aromatic carbocycles. The number of aromatic nitrogens is 1. The zero-order valence-corrected chi connectivity index (χ0v) is 17.7. The number of nitrogens with one attached hydrogen (secondary N) is 1. The van der Waals surface area contributed by atoms with Gasteiger partial charge >= 0.3 is 0 Å². The summed E-state index contributed by atoms with van der Waals surface area (Å²) >= 11 is 0. The SMILES string of the molecule is Cc1ccc([C@@H](CO)NC(=O)c2cc(-c3ccccc3)cc(C[SH](=O)=O)c2C)cn1. The smallest absolute Gasteiger partial charge is 0.252 e. The van der Waals surface area contributed by atoms with E-state index in [1.54, 1.807) is 25.3 Å². The van der Waals surface area contributed by atoms with Gasteiger partial charge < -0.3 is 10.4 Å². The summed E-state index contributed by atoms with van der Waals surface area (Å²) in [7, 11) is -2.64. The lowest BCUT2D eigenvalue weighted by Gasteiger charge is -2.19. The summed E-state index contributed by atoms with van der Waals surface area (Å²) in [5, 5.41) is 12.6. The summed E-state index contributed by atoms with van der Waals surface area (Å²) in [4.78, 5) is 17.3. The van der Waals surface area contributed by atoms with Crippen molar-refractivity contribution in [2.45, 2.75) is 25.6 Å². The van der Waals surface area contributed by atoms with Crippen molar-refractivity contribution < 1.29 is 18.3 Å². The van der Waals surface area contributed by atoms with Gasteiger partial charge in [-0.1, -0.05) is 36.4 Å². The summed E-state index contributed by atoms with van der Waals surface area (Å²) < 4.78 is 22.8. The Labute approximate surface area is 177 Å². The van der Waals surface area contributed by atoms with Crippen LogP contribution in [0, 0.1) is 13.8 Å². The molecule has 30 heavy (non-hydrogen) atoms. The fraction of sp³-hybridized carbons (Fsp3) is 0.217. The van der Waals surface area contributed by atoms with E-state index in [4.69, 9.17) is 0 Å². The van der Waals surface area contributed by atoms with E-state index in [0.29, 0.717) is 22.3 Å². The Morgan fingerprint density at radius 1 is 1.07 bits per heavy atom. The molecule has 0 bridgehead atoms. The molecule has 0 fully saturated rings. The molecule has 0 unspecified atom stereocenters. The zero-order chi connectivity index (χ0) is 21.7. The highest BCUT2D eigenvalue weighted by molar-refractivity contribution is 7.71. The first-order chi connectivity index (χ1) is 14.4. The van der Waals surface area contributed by atoms with Crippen LogP contribution in [-0.4, -0.2) is 31.0 Å². The molecule has 1 amide bonds. The van der Waals surface area contributed by atoms with E-state index in [0.717, 1.165) is 16.8 Å². The largest absolute Gasteiger partial charge is 0.394 e. The maximum absolute atomic E-state index is 13.1. The van der Waals surface area contributed by atoms with Crippen LogP contribution in [0.3, 0.4) is 0 Å². The minimum absolute atomic E-state index is 0.145. The maximum Gasteiger partial charge on any atom is 0.252 e. The van der Waals surface area contributed by atoms with Gasteiger partial charge in [-0.2, -0.15) is 0 Å². The number of rotatable bonds is 7. The van der Waals surface area contributed by atoms with E-state index in [2.05, 4.69) is 10.3 Å². The van der Waals surface area contributed by atoms with E-state index in [1.165, 1.54) is 0 Å². The lowest BCUT2D eigenvalue weighted by Crippen LogP contribution is -2.31. The third-order valence-electron chi connectivity index (χ3n) is 4.99. The summed E-state index contributed by atoms with van der Waals surface area (Å²) in [6.45, 7) is 3.31. The fourth-order valence-electron chi connectivity index (χ4n) is 3.27. The average molecular weight is 425 g/mol. The lowest BCUT2D eigenvalue weighted by atomic mass is 9.95. The number of carbonyl (C=O) groups is 1. The summed E-state index contributed by atoms with van der Waals surface area (Å²) in [5.41, 5.74) is 4.73. The van der Waals surface area contributed by atoms with E-state index in [9.17, 15) is 18.3 Å². The van der Waals surface area contributed by atoms with Crippen molar-refractivity contribution in [2.75, 3.05) is 6.61 Å². The van der Waals surface area contributed by atoms with Crippen LogP contribution in [0.5, 0.6) is 0 Å². The van der Waals surface area contributed by atoms with Crippen molar-refractivity contribution in [3.05, 3.63) is 88.7 Å². The molecule has 0 aliphatic carbocycles. The Morgan fingerprint density at radius 2 is 1.80 bits per heavy atom. The van der Waals surface area contributed by atoms with E-state index in [1.807, 2.05) is 49.4 Å². The molecule has 1 aromatic heterocycles. The van der Waals surface area contributed by atoms with Gasteiger partial charge in [0, 0.05) is 17.5 Å². The van der Waals surface area contributed by atoms with Crippen LogP contribution in [0.25, 0.3) is 11.1 Å². The second-order valence-corrected chi connectivity index (χ2v) is 8.09. The number of aliphatic hydroxyl groups excluding tert-OH is 1. The molecular weight excluding hydrogens is 400 g/mol. The number of aliphatic hydroxyl groups is 1. The molecule has 6 nitrogen and oxygen atoms in total. The minimum Gasteiger partial charge on any atom is -0.394 e. The van der Waals surface area contributed by atoms with E-state index in [-0.39, 0.29) is 18.3 Å². The third-order valence-corrected chi connectivity index (χ3v) is 5.59. The first-order valence-corrected chi connectivity index (χ1v) is 10.9. The Balaban J connectivity index is 2.00. The first kappa shape index (κ1) is 21.7. The second kappa shape index (κ2) is 9.65. The second-order valence-electron chi connectivity index (χ2n) is 7.11. The van der Waals surface area contributed by atoms with Crippen molar-refractivity contribution >= 4 is 16.6 Å². The molecule has 1 heterocycles. The quantitative estimate of drug-likeness (QED) is 0.507. The van der Waals surface area contributed by atoms with Gasteiger partial charge in [-0.15, -0.1) is 0 Å². The number of benzene rings is 2. The Morgan fingerprint density at radius 3 is 2.40 bits per heavy atom. The number of hydrogen-bond acceptors (Lipinski definition) is 5. The van der Waals surface area contributed by atoms with Crippen LogP contribution >= 0.6 is 0 Å². The van der Waals surface area contributed by atoms with Gasteiger partial charge in [0.2, 0.25) is 0 Å². The van der Waals surface area contributed by atoms with Crippen LogP contribution in [0.1, 0.15) is 38.8 Å². The van der Waals surface area contributed by atoms with Crippen LogP contribution in [-0.2, 0) is 16.5 Å². The van der Waals surface area contributed by atoms with Crippen molar-refractivity contribution in [1.82, 2.24) is 10.3 Å². The maximum atomic E-state index is 13.1. The highest BCUT2D eigenvalue weighted by Crippen LogP contribution is 2.27. The number of nitrogens with zero attached hydrogens (tertiary/aromatic N) is 1. The number of amides is 1. The number of carbonyl (C=O) groups excluding carboxylic acids is 1. The molecule has 0 spiro atoms. The van der Waals surface area contributed by atoms with E-state index >= 15 is 0 Å². The van der Waals surface area contributed by atoms with E-state index < -0.39 is 16.7 Å². The van der Waals surface area contributed by atoms with Crippen molar-refractivity contribution in [2.24, 2.45) is 0 Å². The van der Waals surface area contributed by atoms with Crippen LogP contribution in [0.2, 0.25) is 0 Å². The molecule has 0 aliphatic rings. The van der Waals surface area contributed by atoms with Gasteiger partial charge in [-0.05, 0) is 59.9 Å². The minimum atomic E-state index is -2.64.